The van der Waals surface area contributed by atoms with Crippen LogP contribution in [0.15, 0.2) is 65.1 Å². The van der Waals surface area contributed by atoms with E-state index in [1.165, 1.54) is 22.0 Å². The van der Waals surface area contributed by atoms with Crippen LogP contribution in [0.25, 0.3) is 21.7 Å². The van der Waals surface area contributed by atoms with E-state index >= 15 is 0 Å². The van der Waals surface area contributed by atoms with Crippen LogP contribution in [0, 0.1) is 0 Å². The van der Waals surface area contributed by atoms with Gasteiger partial charge in [0, 0.05) is 5.56 Å². The highest BCUT2D eigenvalue weighted by molar-refractivity contribution is 9.10. The summed E-state index contributed by atoms with van der Waals surface area (Å²) in [5.74, 6) is 0. The highest BCUT2D eigenvalue weighted by Crippen LogP contribution is 2.39. The normalized spacial score (nSPS) is 10.5. The van der Waals surface area contributed by atoms with E-state index in [-0.39, 0.29) is 0 Å². The van der Waals surface area contributed by atoms with Crippen LogP contribution >= 0.6 is 27.5 Å². The molecule has 0 aliphatic carbocycles. The SMILES string of the molecule is Brc1c(-c2ccccc2)nsc1-c1ccccc1. The van der Waals surface area contributed by atoms with Crippen LogP contribution in [0.3, 0.4) is 0 Å². The average molecular weight is 316 g/mol. The Labute approximate surface area is 118 Å². The van der Waals surface area contributed by atoms with Gasteiger partial charge in [0.15, 0.2) is 0 Å². The first-order valence-corrected chi connectivity index (χ1v) is 7.19. The molecule has 0 aliphatic rings. The van der Waals surface area contributed by atoms with Crippen LogP contribution in [0.5, 0.6) is 0 Å². The van der Waals surface area contributed by atoms with E-state index in [1.807, 2.05) is 36.4 Å². The van der Waals surface area contributed by atoms with E-state index in [9.17, 15) is 0 Å². The van der Waals surface area contributed by atoms with Gasteiger partial charge in [0.05, 0.1) is 15.0 Å². The van der Waals surface area contributed by atoms with Crippen LogP contribution < -0.4 is 0 Å². The topological polar surface area (TPSA) is 12.9 Å². The Morgan fingerprint density at radius 1 is 0.778 bits per heavy atom. The number of benzene rings is 2. The Hall–Kier alpha value is -1.45. The maximum Gasteiger partial charge on any atom is 0.0989 e. The van der Waals surface area contributed by atoms with Gasteiger partial charge in [-0.15, -0.1) is 0 Å². The number of nitrogens with zero attached hydrogens (tertiary/aromatic N) is 1. The zero-order chi connectivity index (χ0) is 12.4. The quantitative estimate of drug-likeness (QED) is 0.630. The average Bonchev–Trinajstić information content (AvgIpc) is 2.83. The monoisotopic (exact) mass is 315 g/mol. The van der Waals surface area contributed by atoms with Crippen molar-refractivity contribution in [3.8, 4) is 21.7 Å². The fourth-order valence-electron chi connectivity index (χ4n) is 1.82. The number of hydrogen-bond acceptors (Lipinski definition) is 2. The van der Waals surface area contributed by atoms with Crippen molar-refractivity contribution in [2.75, 3.05) is 0 Å². The third-order valence-electron chi connectivity index (χ3n) is 2.72. The standard InChI is InChI=1S/C15H10BrNS/c16-13-14(11-7-3-1-4-8-11)17-18-15(13)12-9-5-2-6-10-12/h1-10H. The summed E-state index contributed by atoms with van der Waals surface area (Å²) in [6, 6.07) is 20.6. The molecule has 88 valence electrons. The molecule has 18 heavy (non-hydrogen) atoms. The molecule has 0 N–H and O–H groups in total. The summed E-state index contributed by atoms with van der Waals surface area (Å²) in [5.41, 5.74) is 3.35. The first kappa shape index (κ1) is 11.6. The van der Waals surface area contributed by atoms with E-state index in [2.05, 4.69) is 44.6 Å². The van der Waals surface area contributed by atoms with Crippen molar-refractivity contribution in [3.63, 3.8) is 0 Å². The van der Waals surface area contributed by atoms with Gasteiger partial charge in [-0.05, 0) is 33.0 Å². The summed E-state index contributed by atoms with van der Waals surface area (Å²) in [6.07, 6.45) is 0. The van der Waals surface area contributed by atoms with Gasteiger partial charge in [0.25, 0.3) is 0 Å². The molecule has 3 rings (SSSR count). The molecule has 0 saturated carbocycles. The van der Waals surface area contributed by atoms with Crippen LogP contribution in [-0.4, -0.2) is 4.37 Å². The van der Waals surface area contributed by atoms with E-state index in [0.717, 1.165) is 15.7 Å². The van der Waals surface area contributed by atoms with Crippen molar-refractivity contribution in [1.29, 1.82) is 0 Å². The minimum Gasteiger partial charge on any atom is -0.191 e. The van der Waals surface area contributed by atoms with E-state index in [1.54, 1.807) is 0 Å². The summed E-state index contributed by atoms with van der Waals surface area (Å²) >= 11 is 5.20. The molecule has 0 aliphatic heterocycles. The predicted molar refractivity (Wildman–Crippen MR) is 80.7 cm³/mol. The van der Waals surface area contributed by atoms with Gasteiger partial charge in [0.2, 0.25) is 0 Å². The molecule has 0 radical (unpaired) electrons. The van der Waals surface area contributed by atoms with E-state index in [4.69, 9.17) is 0 Å². The third-order valence-corrected chi connectivity index (χ3v) is 4.65. The second-order valence-corrected chi connectivity index (χ2v) is 5.47. The molecular formula is C15H10BrNS. The Bertz CT molecular complexity index is 590. The van der Waals surface area contributed by atoms with Gasteiger partial charge in [-0.2, -0.15) is 4.37 Å². The first-order chi connectivity index (χ1) is 8.86. The van der Waals surface area contributed by atoms with Crippen LogP contribution in [0.1, 0.15) is 0 Å². The fourth-order valence-corrected chi connectivity index (χ4v) is 3.50. The van der Waals surface area contributed by atoms with Gasteiger partial charge in [0.1, 0.15) is 0 Å². The van der Waals surface area contributed by atoms with Gasteiger partial charge >= 0.3 is 0 Å². The Morgan fingerprint density at radius 3 is 1.94 bits per heavy atom. The summed E-state index contributed by atoms with van der Waals surface area (Å²) in [7, 11) is 0. The fraction of sp³-hybridized carbons (Fsp3) is 0. The van der Waals surface area contributed by atoms with Crippen molar-refractivity contribution in [2.45, 2.75) is 0 Å². The van der Waals surface area contributed by atoms with Crippen molar-refractivity contribution in [1.82, 2.24) is 4.37 Å². The molecule has 1 heterocycles. The number of rotatable bonds is 2. The summed E-state index contributed by atoms with van der Waals surface area (Å²) in [4.78, 5) is 1.18. The van der Waals surface area contributed by atoms with Crippen molar-refractivity contribution < 1.29 is 0 Å². The smallest absolute Gasteiger partial charge is 0.0989 e. The van der Waals surface area contributed by atoms with Crippen LogP contribution in [0.2, 0.25) is 0 Å². The number of halogens is 1. The lowest BCUT2D eigenvalue weighted by Gasteiger charge is -1.99. The predicted octanol–water partition coefficient (Wildman–Crippen LogP) is 5.24. The maximum atomic E-state index is 4.56. The Balaban J connectivity index is 2.09. The lowest BCUT2D eigenvalue weighted by molar-refractivity contribution is 1.50. The van der Waals surface area contributed by atoms with Crippen LogP contribution in [0.4, 0.5) is 0 Å². The Morgan fingerprint density at radius 2 is 1.33 bits per heavy atom. The minimum absolute atomic E-state index is 1.01. The zero-order valence-corrected chi connectivity index (χ0v) is 11.9. The van der Waals surface area contributed by atoms with E-state index in [0.29, 0.717) is 0 Å². The molecular weight excluding hydrogens is 306 g/mol. The van der Waals surface area contributed by atoms with Crippen LogP contribution in [-0.2, 0) is 0 Å². The summed E-state index contributed by atoms with van der Waals surface area (Å²) < 4.78 is 5.63. The number of hydrogen-bond donors (Lipinski definition) is 0. The maximum absolute atomic E-state index is 4.56. The van der Waals surface area contributed by atoms with Gasteiger partial charge < -0.3 is 0 Å². The molecule has 0 unspecified atom stereocenters. The second-order valence-electron chi connectivity index (χ2n) is 3.91. The summed E-state index contributed by atoms with van der Waals surface area (Å²) in [6.45, 7) is 0. The zero-order valence-electron chi connectivity index (χ0n) is 9.51. The largest absolute Gasteiger partial charge is 0.191 e. The third kappa shape index (κ3) is 2.11. The minimum atomic E-state index is 1.01. The molecule has 0 fully saturated rings. The van der Waals surface area contributed by atoms with Crippen molar-refractivity contribution in [2.24, 2.45) is 0 Å². The lowest BCUT2D eigenvalue weighted by Crippen LogP contribution is -1.77. The molecule has 0 bridgehead atoms. The molecule has 1 aromatic heterocycles. The molecule has 0 amide bonds. The lowest BCUT2D eigenvalue weighted by atomic mass is 10.1. The van der Waals surface area contributed by atoms with Gasteiger partial charge in [-0.1, -0.05) is 60.7 Å². The Kier molecular flexibility index (Phi) is 3.26. The molecule has 3 heteroatoms. The molecule has 1 nitrogen and oxygen atoms in total. The molecule has 2 aromatic carbocycles. The molecule has 0 atom stereocenters. The van der Waals surface area contributed by atoms with Crippen molar-refractivity contribution >= 4 is 27.5 Å². The highest BCUT2D eigenvalue weighted by Gasteiger charge is 2.13. The molecule has 0 saturated heterocycles. The first-order valence-electron chi connectivity index (χ1n) is 5.62. The van der Waals surface area contributed by atoms with E-state index < -0.39 is 0 Å². The van der Waals surface area contributed by atoms with Gasteiger partial charge in [-0.25, -0.2) is 0 Å². The second kappa shape index (κ2) is 5.04. The summed E-state index contributed by atoms with van der Waals surface area (Å²) in [5, 5.41) is 0. The molecule has 3 aromatic rings. The highest BCUT2D eigenvalue weighted by atomic mass is 79.9. The number of aromatic nitrogens is 1. The van der Waals surface area contributed by atoms with Gasteiger partial charge in [-0.3, -0.25) is 0 Å². The molecule has 0 spiro atoms. The van der Waals surface area contributed by atoms with Crippen molar-refractivity contribution in [3.05, 3.63) is 65.1 Å².